The Bertz CT molecular complexity index is 693. The minimum Gasteiger partial charge on any atom is -0.497 e. The molecule has 7 nitrogen and oxygen atoms in total. The van der Waals surface area contributed by atoms with Gasteiger partial charge in [0, 0.05) is 46.3 Å². The van der Waals surface area contributed by atoms with Crippen molar-refractivity contribution in [1.29, 1.82) is 0 Å². The highest BCUT2D eigenvalue weighted by atomic mass is 127. The second kappa shape index (κ2) is 16.0. The van der Waals surface area contributed by atoms with Crippen LogP contribution in [-0.4, -0.2) is 64.9 Å². The Balaban J connectivity index is 0.00000450. The van der Waals surface area contributed by atoms with Crippen LogP contribution in [0, 0.1) is 0 Å². The summed E-state index contributed by atoms with van der Waals surface area (Å²) in [6.45, 7) is 4.92. The van der Waals surface area contributed by atoms with Gasteiger partial charge in [-0.25, -0.2) is 4.99 Å². The topological polar surface area (TPSA) is 71.3 Å². The smallest absolute Gasteiger partial charge is 0.191 e. The summed E-state index contributed by atoms with van der Waals surface area (Å²) in [5, 5.41) is 6.82. The molecule has 0 atom stereocenters. The number of guanidine groups is 1. The number of nitrogens with one attached hydrogen (secondary N) is 2. The van der Waals surface area contributed by atoms with Gasteiger partial charge in [-0.3, -0.25) is 0 Å². The molecule has 2 rings (SSSR count). The molecule has 1 aromatic carbocycles. The Labute approximate surface area is 197 Å². The Kier molecular flexibility index (Phi) is 14.0. The number of benzene rings is 1. The van der Waals surface area contributed by atoms with Crippen molar-refractivity contribution in [3.8, 4) is 5.75 Å². The lowest BCUT2D eigenvalue weighted by atomic mass is 10.2. The monoisotopic (exact) mass is 530 g/mol. The first-order valence-electron chi connectivity index (χ1n) is 10.1. The lowest BCUT2D eigenvalue weighted by molar-refractivity contribution is 0.180. The van der Waals surface area contributed by atoms with E-state index in [0.717, 1.165) is 68.7 Å². The molecule has 0 saturated heterocycles. The second-order valence-corrected chi connectivity index (χ2v) is 6.85. The van der Waals surface area contributed by atoms with Gasteiger partial charge in [-0.15, -0.1) is 24.0 Å². The van der Waals surface area contributed by atoms with Crippen molar-refractivity contribution in [2.45, 2.75) is 19.4 Å². The molecule has 0 bridgehead atoms. The van der Waals surface area contributed by atoms with Crippen LogP contribution in [0.2, 0.25) is 0 Å². The Morgan fingerprint density at radius 2 is 1.83 bits per heavy atom. The van der Waals surface area contributed by atoms with E-state index in [1.165, 1.54) is 0 Å². The van der Waals surface area contributed by atoms with Gasteiger partial charge >= 0.3 is 0 Å². The summed E-state index contributed by atoms with van der Waals surface area (Å²) in [5.74, 6) is 2.62. The van der Waals surface area contributed by atoms with E-state index in [0.29, 0.717) is 6.54 Å². The lowest BCUT2D eigenvalue weighted by Gasteiger charge is -2.18. The predicted molar refractivity (Wildman–Crippen MR) is 132 cm³/mol. The first-order valence-corrected chi connectivity index (χ1v) is 10.1. The van der Waals surface area contributed by atoms with Crippen molar-refractivity contribution < 1.29 is 13.9 Å². The van der Waals surface area contributed by atoms with Gasteiger partial charge in [-0.05, 0) is 43.3 Å². The SMILES string of the molecule is COCCCN(C)CCNC(=NCc1ccc(OC)cc1)NCCc1ccco1.I. The van der Waals surface area contributed by atoms with Crippen LogP contribution in [0.4, 0.5) is 0 Å². The zero-order valence-electron chi connectivity index (χ0n) is 18.2. The third-order valence-electron chi connectivity index (χ3n) is 4.50. The molecule has 0 unspecified atom stereocenters. The maximum Gasteiger partial charge on any atom is 0.191 e. The number of nitrogens with zero attached hydrogens (tertiary/aromatic N) is 2. The Morgan fingerprint density at radius 3 is 2.50 bits per heavy atom. The fourth-order valence-electron chi connectivity index (χ4n) is 2.79. The third kappa shape index (κ3) is 10.8. The Hall–Kier alpha value is -1.78. The van der Waals surface area contributed by atoms with Crippen molar-refractivity contribution in [2.75, 3.05) is 54.1 Å². The van der Waals surface area contributed by atoms with Crippen LogP contribution in [-0.2, 0) is 17.7 Å². The van der Waals surface area contributed by atoms with Gasteiger partial charge in [0.05, 0.1) is 19.9 Å². The molecule has 0 spiro atoms. The van der Waals surface area contributed by atoms with Gasteiger partial charge in [0.2, 0.25) is 0 Å². The number of aliphatic imine (C=N–C) groups is 1. The first kappa shape index (κ1) is 26.3. The molecule has 1 heterocycles. The van der Waals surface area contributed by atoms with E-state index < -0.39 is 0 Å². The number of hydrogen-bond donors (Lipinski definition) is 2. The van der Waals surface area contributed by atoms with Crippen molar-refractivity contribution in [2.24, 2.45) is 4.99 Å². The maximum atomic E-state index is 5.40. The molecule has 0 aliphatic heterocycles. The predicted octanol–water partition coefficient (Wildman–Crippen LogP) is 3.15. The fraction of sp³-hybridized carbons (Fsp3) is 0.500. The number of rotatable bonds is 13. The molecule has 0 aliphatic rings. The summed E-state index contributed by atoms with van der Waals surface area (Å²) in [5.41, 5.74) is 1.13. The quantitative estimate of drug-likeness (QED) is 0.180. The molecule has 0 amide bonds. The van der Waals surface area contributed by atoms with Crippen molar-refractivity contribution in [1.82, 2.24) is 15.5 Å². The highest BCUT2D eigenvalue weighted by Crippen LogP contribution is 2.11. The van der Waals surface area contributed by atoms with E-state index in [9.17, 15) is 0 Å². The van der Waals surface area contributed by atoms with Gasteiger partial charge in [-0.1, -0.05) is 12.1 Å². The van der Waals surface area contributed by atoms with E-state index in [4.69, 9.17) is 18.9 Å². The molecule has 168 valence electrons. The van der Waals surface area contributed by atoms with Gasteiger partial charge in [0.25, 0.3) is 0 Å². The van der Waals surface area contributed by atoms with E-state index in [-0.39, 0.29) is 24.0 Å². The number of methoxy groups -OCH3 is 2. The van der Waals surface area contributed by atoms with Crippen molar-refractivity contribution >= 4 is 29.9 Å². The van der Waals surface area contributed by atoms with E-state index in [1.54, 1.807) is 20.5 Å². The van der Waals surface area contributed by atoms with Crippen LogP contribution in [0.5, 0.6) is 5.75 Å². The number of hydrogen-bond acceptors (Lipinski definition) is 5. The summed E-state index contributed by atoms with van der Waals surface area (Å²) in [6.07, 6.45) is 3.55. The third-order valence-corrected chi connectivity index (χ3v) is 4.50. The molecular weight excluding hydrogens is 495 g/mol. The summed E-state index contributed by atoms with van der Waals surface area (Å²) in [6, 6.07) is 11.9. The van der Waals surface area contributed by atoms with Gasteiger partial charge in [0.1, 0.15) is 11.5 Å². The molecule has 30 heavy (non-hydrogen) atoms. The molecule has 8 heteroatoms. The molecule has 0 saturated carbocycles. The van der Waals surface area contributed by atoms with Crippen LogP contribution in [0.3, 0.4) is 0 Å². The highest BCUT2D eigenvalue weighted by Gasteiger charge is 2.03. The van der Waals surface area contributed by atoms with Gasteiger partial charge in [-0.2, -0.15) is 0 Å². The zero-order valence-corrected chi connectivity index (χ0v) is 20.6. The second-order valence-electron chi connectivity index (χ2n) is 6.85. The molecule has 0 radical (unpaired) electrons. The average Bonchev–Trinajstić information content (AvgIpc) is 3.25. The van der Waals surface area contributed by atoms with E-state index in [2.05, 4.69) is 22.6 Å². The minimum atomic E-state index is 0. The van der Waals surface area contributed by atoms with E-state index in [1.807, 2.05) is 36.4 Å². The largest absolute Gasteiger partial charge is 0.497 e. The number of likely N-dealkylation sites (N-methyl/N-ethyl adjacent to an activating group) is 1. The highest BCUT2D eigenvalue weighted by molar-refractivity contribution is 14.0. The molecule has 2 N–H and O–H groups in total. The fourth-order valence-corrected chi connectivity index (χ4v) is 2.79. The van der Waals surface area contributed by atoms with Crippen LogP contribution >= 0.6 is 24.0 Å². The summed E-state index contributed by atoms with van der Waals surface area (Å²) in [4.78, 5) is 7.01. The summed E-state index contributed by atoms with van der Waals surface area (Å²) < 4.78 is 15.7. The molecule has 0 aliphatic carbocycles. The van der Waals surface area contributed by atoms with Crippen LogP contribution < -0.4 is 15.4 Å². The Morgan fingerprint density at radius 1 is 1.07 bits per heavy atom. The molecule has 2 aromatic rings. The average molecular weight is 530 g/mol. The standard InChI is InChI=1S/C22H34N4O3.HI/c1-26(14-5-16-27-2)15-13-24-22(23-12-11-21-6-4-17-29-21)25-18-19-7-9-20(28-3)10-8-19;/h4,6-10,17H,5,11-16,18H2,1-3H3,(H2,23,24,25);1H. The first-order chi connectivity index (χ1) is 14.2. The van der Waals surface area contributed by atoms with Gasteiger partial charge < -0.3 is 29.4 Å². The summed E-state index contributed by atoms with van der Waals surface area (Å²) in [7, 11) is 5.53. The van der Waals surface area contributed by atoms with E-state index >= 15 is 0 Å². The molecule has 0 fully saturated rings. The maximum absolute atomic E-state index is 5.40. The number of ether oxygens (including phenoxy) is 2. The zero-order chi connectivity index (χ0) is 20.7. The van der Waals surface area contributed by atoms with Gasteiger partial charge in [0.15, 0.2) is 5.96 Å². The van der Waals surface area contributed by atoms with Crippen LogP contribution in [0.1, 0.15) is 17.7 Å². The number of furan rings is 1. The van der Waals surface area contributed by atoms with Crippen molar-refractivity contribution in [3.63, 3.8) is 0 Å². The lowest BCUT2D eigenvalue weighted by Crippen LogP contribution is -2.42. The molecule has 1 aromatic heterocycles. The van der Waals surface area contributed by atoms with Crippen LogP contribution in [0.15, 0.2) is 52.1 Å². The molecular formula is C22H35IN4O3. The number of halogens is 1. The normalized spacial score (nSPS) is 11.3. The summed E-state index contributed by atoms with van der Waals surface area (Å²) >= 11 is 0. The minimum absolute atomic E-state index is 0. The van der Waals surface area contributed by atoms with Crippen LogP contribution in [0.25, 0.3) is 0 Å². The van der Waals surface area contributed by atoms with Crippen molar-refractivity contribution in [3.05, 3.63) is 54.0 Å².